The molecule has 0 radical (unpaired) electrons. The summed E-state index contributed by atoms with van der Waals surface area (Å²) in [7, 11) is 0. The van der Waals surface area contributed by atoms with Gasteiger partial charge in [0, 0.05) is 17.5 Å². The van der Waals surface area contributed by atoms with Crippen molar-refractivity contribution < 1.29 is 0 Å². The Kier molecular flexibility index (Phi) is 4.26. The number of aromatic nitrogens is 4. The molecule has 0 unspecified atom stereocenters. The number of benzene rings is 1. The first-order valence-electron chi connectivity index (χ1n) is 7.42. The lowest BCUT2D eigenvalue weighted by Gasteiger charge is -2.11. The second-order valence-electron chi connectivity index (χ2n) is 5.87. The number of nitrogens with zero attached hydrogens (tertiary/aromatic N) is 4. The molecular weight excluding hydrogens is 282 g/mol. The van der Waals surface area contributed by atoms with Crippen molar-refractivity contribution in [1.82, 2.24) is 25.5 Å². The van der Waals surface area contributed by atoms with Gasteiger partial charge in [-0.05, 0) is 59.1 Å². The van der Waals surface area contributed by atoms with E-state index < -0.39 is 0 Å². The monoisotopic (exact) mass is 303 g/mol. The zero-order valence-electron chi connectivity index (χ0n) is 12.7. The Morgan fingerprint density at radius 1 is 1.38 bits per heavy atom. The van der Waals surface area contributed by atoms with Crippen molar-refractivity contribution in [2.75, 3.05) is 0 Å². The molecule has 0 aliphatic heterocycles. The number of tetrazole rings is 1. The Labute approximate surface area is 129 Å². The van der Waals surface area contributed by atoms with E-state index in [1.54, 1.807) is 11.8 Å². The van der Waals surface area contributed by atoms with Gasteiger partial charge in [-0.1, -0.05) is 26.0 Å². The molecule has 1 aromatic carbocycles. The molecule has 5 nitrogen and oxygen atoms in total. The molecule has 1 fully saturated rings. The Morgan fingerprint density at radius 3 is 2.86 bits per heavy atom. The highest BCUT2D eigenvalue weighted by atomic mass is 32.2. The van der Waals surface area contributed by atoms with Crippen molar-refractivity contribution in [2.45, 2.75) is 62.3 Å². The molecule has 21 heavy (non-hydrogen) atoms. The molecule has 1 saturated carbocycles. The number of aryl methyl sites for hydroxylation is 1. The van der Waals surface area contributed by atoms with Gasteiger partial charge in [-0.25, -0.2) is 4.68 Å². The molecule has 1 N–H and O–H groups in total. The van der Waals surface area contributed by atoms with Crippen LogP contribution in [0.4, 0.5) is 0 Å². The summed E-state index contributed by atoms with van der Waals surface area (Å²) in [5.41, 5.74) is 2.58. The van der Waals surface area contributed by atoms with Gasteiger partial charge in [0.05, 0.1) is 6.04 Å². The minimum atomic E-state index is 0.502. The van der Waals surface area contributed by atoms with E-state index in [1.165, 1.54) is 28.9 Å². The van der Waals surface area contributed by atoms with Crippen molar-refractivity contribution in [3.05, 3.63) is 29.3 Å². The lowest BCUT2D eigenvalue weighted by Crippen LogP contribution is -2.21. The largest absolute Gasteiger partial charge is 0.310 e. The van der Waals surface area contributed by atoms with Crippen LogP contribution in [0.5, 0.6) is 0 Å². The van der Waals surface area contributed by atoms with Crippen LogP contribution in [0, 0.1) is 6.92 Å². The first-order valence-corrected chi connectivity index (χ1v) is 8.24. The van der Waals surface area contributed by atoms with Gasteiger partial charge < -0.3 is 5.32 Å². The summed E-state index contributed by atoms with van der Waals surface area (Å²) in [6.45, 7) is 7.37. The zero-order valence-corrected chi connectivity index (χ0v) is 13.5. The van der Waals surface area contributed by atoms with E-state index in [-0.39, 0.29) is 0 Å². The van der Waals surface area contributed by atoms with E-state index in [1.807, 2.05) is 4.68 Å². The maximum atomic E-state index is 4.15. The quantitative estimate of drug-likeness (QED) is 0.889. The maximum absolute atomic E-state index is 4.15. The van der Waals surface area contributed by atoms with Crippen LogP contribution >= 0.6 is 11.8 Å². The smallest absolute Gasteiger partial charge is 0.214 e. The van der Waals surface area contributed by atoms with Crippen molar-refractivity contribution in [3.63, 3.8) is 0 Å². The highest BCUT2D eigenvalue weighted by Gasteiger charge is 2.28. The van der Waals surface area contributed by atoms with Gasteiger partial charge in [-0.3, -0.25) is 0 Å². The summed E-state index contributed by atoms with van der Waals surface area (Å²) in [6.07, 6.45) is 2.38. The molecule has 1 aliphatic carbocycles. The topological polar surface area (TPSA) is 55.6 Å². The van der Waals surface area contributed by atoms with E-state index >= 15 is 0 Å². The number of hydrogen-bond donors (Lipinski definition) is 1. The minimum Gasteiger partial charge on any atom is -0.310 e. The first-order chi connectivity index (χ1) is 10.1. The summed E-state index contributed by atoms with van der Waals surface area (Å²) >= 11 is 1.66. The average Bonchev–Trinajstić information content (AvgIpc) is 3.19. The zero-order chi connectivity index (χ0) is 14.8. The number of hydrogen-bond acceptors (Lipinski definition) is 5. The first kappa shape index (κ1) is 14.5. The average molecular weight is 303 g/mol. The Bertz CT molecular complexity index is 618. The molecular formula is C15H21N5S. The standard InChI is InChI=1S/C15H21N5S/c1-10(2)16-9-12-4-7-14(11(3)8-12)21-15-17-18-19-20(15)13-5-6-13/h4,7-8,10,13,16H,5-6,9H2,1-3H3. The van der Waals surface area contributed by atoms with Gasteiger partial charge >= 0.3 is 0 Å². The van der Waals surface area contributed by atoms with E-state index in [4.69, 9.17) is 0 Å². The van der Waals surface area contributed by atoms with Crippen molar-refractivity contribution in [1.29, 1.82) is 0 Å². The maximum Gasteiger partial charge on any atom is 0.214 e. The normalized spacial score (nSPS) is 14.9. The highest BCUT2D eigenvalue weighted by Crippen LogP contribution is 2.38. The lowest BCUT2D eigenvalue weighted by molar-refractivity contribution is 0.565. The highest BCUT2D eigenvalue weighted by molar-refractivity contribution is 7.99. The fourth-order valence-corrected chi connectivity index (χ4v) is 3.07. The van der Waals surface area contributed by atoms with Gasteiger partial charge in [0.1, 0.15) is 0 Å². The molecule has 1 heterocycles. The fourth-order valence-electron chi connectivity index (χ4n) is 2.16. The molecule has 0 saturated heterocycles. The fraction of sp³-hybridized carbons (Fsp3) is 0.533. The van der Waals surface area contributed by atoms with Crippen molar-refractivity contribution in [2.24, 2.45) is 0 Å². The summed E-state index contributed by atoms with van der Waals surface area (Å²) in [6, 6.07) is 7.60. The summed E-state index contributed by atoms with van der Waals surface area (Å²) in [5, 5.41) is 16.4. The third-order valence-electron chi connectivity index (χ3n) is 3.51. The second-order valence-corrected chi connectivity index (χ2v) is 6.88. The van der Waals surface area contributed by atoms with Gasteiger partial charge in [0.2, 0.25) is 5.16 Å². The van der Waals surface area contributed by atoms with Crippen LogP contribution in [-0.2, 0) is 6.54 Å². The summed E-state index contributed by atoms with van der Waals surface area (Å²) in [4.78, 5) is 1.22. The van der Waals surface area contributed by atoms with Crippen LogP contribution in [0.25, 0.3) is 0 Å². The molecule has 0 amide bonds. The SMILES string of the molecule is Cc1cc(CNC(C)C)ccc1Sc1nnnn1C1CC1. The van der Waals surface area contributed by atoms with Crippen molar-refractivity contribution in [3.8, 4) is 0 Å². The van der Waals surface area contributed by atoms with Gasteiger partial charge in [-0.15, -0.1) is 5.10 Å². The van der Waals surface area contributed by atoms with Gasteiger partial charge in [-0.2, -0.15) is 0 Å². The predicted octanol–water partition coefficient (Wildman–Crippen LogP) is 2.97. The third-order valence-corrected chi connectivity index (χ3v) is 4.64. The van der Waals surface area contributed by atoms with E-state index in [0.29, 0.717) is 12.1 Å². The van der Waals surface area contributed by atoms with Gasteiger partial charge in [0.25, 0.3) is 0 Å². The second kappa shape index (κ2) is 6.15. The number of nitrogens with one attached hydrogen (secondary N) is 1. The molecule has 0 spiro atoms. The van der Waals surface area contributed by atoms with Crippen LogP contribution in [0.15, 0.2) is 28.3 Å². The van der Waals surface area contributed by atoms with Crippen molar-refractivity contribution >= 4 is 11.8 Å². The molecule has 1 aromatic heterocycles. The molecule has 112 valence electrons. The Morgan fingerprint density at radius 2 is 2.19 bits per heavy atom. The molecule has 0 bridgehead atoms. The molecule has 3 rings (SSSR count). The predicted molar refractivity (Wildman–Crippen MR) is 83.4 cm³/mol. The van der Waals surface area contributed by atoms with Crippen LogP contribution in [0.1, 0.15) is 43.9 Å². The van der Waals surface area contributed by atoms with Gasteiger partial charge in [0.15, 0.2) is 0 Å². The summed E-state index contributed by atoms with van der Waals surface area (Å²) in [5.74, 6) is 0. The van der Waals surface area contributed by atoms with Crippen LogP contribution < -0.4 is 5.32 Å². The van der Waals surface area contributed by atoms with E-state index in [9.17, 15) is 0 Å². The molecule has 1 aliphatic rings. The van der Waals surface area contributed by atoms with E-state index in [2.05, 4.69) is 59.8 Å². The Balaban J connectivity index is 1.72. The van der Waals surface area contributed by atoms with E-state index in [0.717, 1.165) is 11.7 Å². The molecule has 6 heteroatoms. The van der Waals surface area contributed by atoms with Crippen LogP contribution in [0.2, 0.25) is 0 Å². The molecule has 2 aromatic rings. The molecule has 0 atom stereocenters. The number of rotatable bonds is 6. The van der Waals surface area contributed by atoms with Crippen LogP contribution in [-0.4, -0.2) is 26.2 Å². The van der Waals surface area contributed by atoms with Crippen LogP contribution in [0.3, 0.4) is 0 Å². The lowest BCUT2D eigenvalue weighted by atomic mass is 10.1. The summed E-state index contributed by atoms with van der Waals surface area (Å²) < 4.78 is 1.96. The minimum absolute atomic E-state index is 0.502. The Hall–Kier alpha value is -1.40. The third kappa shape index (κ3) is 3.63.